The van der Waals surface area contributed by atoms with Crippen molar-refractivity contribution in [2.75, 3.05) is 27.5 Å². The molecule has 0 bridgehead atoms. The lowest BCUT2D eigenvalue weighted by atomic mass is 10.0. The third-order valence-electron chi connectivity index (χ3n) is 6.38. The normalized spacial score (nSPS) is 13.4. The highest BCUT2D eigenvalue weighted by atomic mass is 35.5. The summed E-state index contributed by atoms with van der Waals surface area (Å²) >= 11 is 6.03. The predicted octanol–water partition coefficient (Wildman–Crippen LogP) is 5.83. The molecule has 7 heteroatoms. The molecule has 180 valence electrons. The van der Waals surface area contributed by atoms with Crippen molar-refractivity contribution in [1.29, 1.82) is 0 Å². The number of fused-ring (bicyclic) bond motifs is 3. The maximum atomic E-state index is 13.5. The fourth-order valence-corrected chi connectivity index (χ4v) is 4.66. The van der Waals surface area contributed by atoms with E-state index < -0.39 is 0 Å². The monoisotopic (exact) mass is 491 g/mol. The minimum absolute atomic E-state index is 0.0590. The standard InChI is InChI=1S/C28H26ClNO5/c1-17-26(19-5-7-20(29)8-6-19)27(31)21-9-11-23-22(28(21)35-17)15-30(16-34-23)13-12-18-4-10-24(32-2)25(14-18)33-3/h4-11,14H,12-13,15-16H2,1-3H3. The largest absolute Gasteiger partial charge is 0.493 e. The first kappa shape index (κ1) is 23.3. The molecule has 0 unspecified atom stereocenters. The van der Waals surface area contributed by atoms with Gasteiger partial charge in [-0.15, -0.1) is 0 Å². The maximum absolute atomic E-state index is 13.5. The van der Waals surface area contributed by atoms with Crippen molar-refractivity contribution < 1.29 is 18.6 Å². The Kier molecular flexibility index (Phi) is 6.41. The third-order valence-corrected chi connectivity index (χ3v) is 6.63. The third kappa shape index (κ3) is 4.47. The summed E-state index contributed by atoms with van der Waals surface area (Å²) < 4.78 is 23.0. The molecule has 6 nitrogen and oxygen atoms in total. The number of halogens is 1. The van der Waals surface area contributed by atoms with E-state index >= 15 is 0 Å². The molecule has 5 rings (SSSR count). The number of hydrogen-bond donors (Lipinski definition) is 0. The second-order valence-electron chi connectivity index (χ2n) is 8.55. The average Bonchev–Trinajstić information content (AvgIpc) is 2.88. The molecule has 0 amide bonds. The van der Waals surface area contributed by atoms with Crippen LogP contribution in [-0.2, 0) is 13.0 Å². The summed E-state index contributed by atoms with van der Waals surface area (Å²) in [5.74, 6) is 2.74. The van der Waals surface area contributed by atoms with Crippen LogP contribution in [0, 0.1) is 6.92 Å². The van der Waals surface area contributed by atoms with Crippen LogP contribution in [0.25, 0.3) is 22.1 Å². The zero-order valence-electron chi connectivity index (χ0n) is 19.9. The molecule has 1 aliphatic heterocycles. The Hall–Kier alpha value is -3.48. The zero-order chi connectivity index (χ0) is 24.5. The molecule has 0 atom stereocenters. The summed E-state index contributed by atoms with van der Waals surface area (Å²) in [5, 5.41) is 1.17. The van der Waals surface area contributed by atoms with Crippen LogP contribution in [0.3, 0.4) is 0 Å². The van der Waals surface area contributed by atoms with Gasteiger partial charge in [-0.05, 0) is 60.9 Å². The molecule has 0 N–H and O–H groups in total. The molecular weight excluding hydrogens is 466 g/mol. The van der Waals surface area contributed by atoms with Crippen molar-refractivity contribution in [2.24, 2.45) is 0 Å². The number of ether oxygens (including phenoxy) is 3. The second kappa shape index (κ2) is 9.64. The Bertz CT molecular complexity index is 1440. The van der Waals surface area contributed by atoms with E-state index in [-0.39, 0.29) is 5.43 Å². The van der Waals surface area contributed by atoms with Gasteiger partial charge in [-0.2, -0.15) is 0 Å². The fraction of sp³-hybridized carbons (Fsp3) is 0.250. The predicted molar refractivity (Wildman–Crippen MR) is 137 cm³/mol. The molecule has 1 aromatic heterocycles. The lowest BCUT2D eigenvalue weighted by Gasteiger charge is -2.29. The number of aryl methyl sites for hydroxylation is 1. The molecule has 0 fully saturated rings. The van der Waals surface area contributed by atoms with Crippen molar-refractivity contribution in [2.45, 2.75) is 19.9 Å². The van der Waals surface area contributed by atoms with Crippen LogP contribution in [0.4, 0.5) is 0 Å². The van der Waals surface area contributed by atoms with Gasteiger partial charge < -0.3 is 18.6 Å². The van der Waals surface area contributed by atoms with Gasteiger partial charge in [0.1, 0.15) is 23.8 Å². The van der Waals surface area contributed by atoms with Gasteiger partial charge in [0.05, 0.1) is 30.7 Å². The number of methoxy groups -OCH3 is 2. The Morgan fingerprint density at radius 1 is 1.00 bits per heavy atom. The van der Waals surface area contributed by atoms with Crippen LogP contribution >= 0.6 is 11.6 Å². The SMILES string of the molecule is COc1ccc(CCN2COc3ccc4c(=O)c(-c5ccc(Cl)cc5)c(C)oc4c3C2)cc1OC. The van der Waals surface area contributed by atoms with E-state index in [9.17, 15) is 4.79 Å². The first-order valence-electron chi connectivity index (χ1n) is 11.4. The molecule has 0 radical (unpaired) electrons. The van der Waals surface area contributed by atoms with Gasteiger partial charge in [0.25, 0.3) is 0 Å². The Morgan fingerprint density at radius 3 is 2.51 bits per heavy atom. The van der Waals surface area contributed by atoms with E-state index in [2.05, 4.69) is 4.90 Å². The van der Waals surface area contributed by atoms with Gasteiger partial charge in [0, 0.05) is 18.1 Å². The highest BCUT2D eigenvalue weighted by Gasteiger charge is 2.24. The van der Waals surface area contributed by atoms with Gasteiger partial charge in [0.2, 0.25) is 5.43 Å². The van der Waals surface area contributed by atoms with Crippen LogP contribution in [0.1, 0.15) is 16.9 Å². The molecule has 0 spiro atoms. The lowest BCUT2D eigenvalue weighted by Crippen LogP contribution is -2.33. The fourth-order valence-electron chi connectivity index (χ4n) is 4.54. The van der Waals surface area contributed by atoms with Crippen LogP contribution < -0.4 is 19.6 Å². The number of hydrogen-bond acceptors (Lipinski definition) is 6. The van der Waals surface area contributed by atoms with Gasteiger partial charge in [-0.3, -0.25) is 9.69 Å². The molecule has 35 heavy (non-hydrogen) atoms. The summed E-state index contributed by atoms with van der Waals surface area (Å²) in [6, 6.07) is 16.8. The smallest absolute Gasteiger partial charge is 0.200 e. The van der Waals surface area contributed by atoms with E-state index in [1.807, 2.05) is 43.3 Å². The number of rotatable bonds is 6. The first-order chi connectivity index (χ1) is 17.0. The summed E-state index contributed by atoms with van der Waals surface area (Å²) in [4.78, 5) is 15.7. The van der Waals surface area contributed by atoms with Gasteiger partial charge in [0.15, 0.2) is 11.5 Å². The lowest BCUT2D eigenvalue weighted by molar-refractivity contribution is 0.0968. The van der Waals surface area contributed by atoms with E-state index in [0.29, 0.717) is 52.1 Å². The summed E-state index contributed by atoms with van der Waals surface area (Å²) in [7, 11) is 3.26. The summed E-state index contributed by atoms with van der Waals surface area (Å²) in [6.45, 7) is 3.70. The van der Waals surface area contributed by atoms with Crippen LogP contribution in [0.15, 0.2) is 63.8 Å². The average molecular weight is 492 g/mol. The Balaban J connectivity index is 1.43. The number of nitrogens with zero attached hydrogens (tertiary/aromatic N) is 1. The number of benzene rings is 3. The molecule has 1 aliphatic rings. The molecule has 0 saturated carbocycles. The molecule has 4 aromatic rings. The highest BCUT2D eigenvalue weighted by molar-refractivity contribution is 6.30. The van der Waals surface area contributed by atoms with Gasteiger partial charge in [-0.1, -0.05) is 29.8 Å². The maximum Gasteiger partial charge on any atom is 0.200 e. The van der Waals surface area contributed by atoms with E-state index in [1.54, 1.807) is 32.4 Å². The second-order valence-corrected chi connectivity index (χ2v) is 8.99. The van der Waals surface area contributed by atoms with Crippen LogP contribution in [0.5, 0.6) is 17.2 Å². The van der Waals surface area contributed by atoms with Crippen LogP contribution in [-0.4, -0.2) is 32.4 Å². The van der Waals surface area contributed by atoms with Gasteiger partial charge >= 0.3 is 0 Å². The van der Waals surface area contributed by atoms with Crippen molar-refractivity contribution >= 4 is 22.6 Å². The quantitative estimate of drug-likeness (QED) is 0.338. The molecule has 0 aliphatic carbocycles. The van der Waals surface area contributed by atoms with Crippen molar-refractivity contribution in [1.82, 2.24) is 4.90 Å². The van der Waals surface area contributed by atoms with Gasteiger partial charge in [-0.25, -0.2) is 0 Å². The first-order valence-corrected chi connectivity index (χ1v) is 11.8. The molecule has 3 aromatic carbocycles. The van der Waals surface area contributed by atoms with E-state index in [1.165, 1.54) is 0 Å². The molecular formula is C28H26ClNO5. The Morgan fingerprint density at radius 2 is 1.77 bits per heavy atom. The Labute approximate surface area is 208 Å². The van der Waals surface area contributed by atoms with E-state index in [4.69, 9.17) is 30.2 Å². The summed E-state index contributed by atoms with van der Waals surface area (Å²) in [5.41, 5.74) is 3.89. The molecule has 0 saturated heterocycles. The van der Waals surface area contributed by atoms with Crippen molar-refractivity contribution in [3.63, 3.8) is 0 Å². The van der Waals surface area contributed by atoms with E-state index in [0.717, 1.165) is 35.4 Å². The zero-order valence-corrected chi connectivity index (χ0v) is 20.6. The minimum Gasteiger partial charge on any atom is -0.493 e. The topological polar surface area (TPSA) is 61.1 Å². The van der Waals surface area contributed by atoms with Crippen molar-refractivity contribution in [3.05, 3.63) is 86.7 Å². The summed E-state index contributed by atoms with van der Waals surface area (Å²) in [6.07, 6.45) is 0.813. The van der Waals surface area contributed by atoms with Crippen molar-refractivity contribution in [3.8, 4) is 28.4 Å². The highest BCUT2D eigenvalue weighted by Crippen LogP contribution is 2.34. The minimum atomic E-state index is -0.0590. The molecule has 2 heterocycles. The van der Waals surface area contributed by atoms with Crippen LogP contribution in [0.2, 0.25) is 5.02 Å².